The van der Waals surface area contributed by atoms with E-state index in [-0.39, 0.29) is 18.4 Å². The van der Waals surface area contributed by atoms with Gasteiger partial charge >= 0.3 is 0 Å². The summed E-state index contributed by atoms with van der Waals surface area (Å²) in [4.78, 5) is 27.4. The lowest BCUT2D eigenvalue weighted by atomic mass is 9.93. The van der Waals surface area contributed by atoms with Crippen LogP contribution >= 0.6 is 0 Å². The summed E-state index contributed by atoms with van der Waals surface area (Å²) in [6.45, 7) is 8.13. The van der Waals surface area contributed by atoms with Gasteiger partial charge in [-0.1, -0.05) is 48.5 Å². The zero-order chi connectivity index (χ0) is 22.7. The molecule has 1 aliphatic heterocycles. The van der Waals surface area contributed by atoms with Gasteiger partial charge in [-0.3, -0.25) is 9.59 Å². The molecule has 5 heteroatoms. The van der Waals surface area contributed by atoms with E-state index in [1.54, 1.807) is 29.2 Å². The van der Waals surface area contributed by atoms with E-state index in [1.165, 1.54) is 0 Å². The molecule has 0 spiro atoms. The third kappa shape index (κ3) is 4.28. The first kappa shape index (κ1) is 21.4. The lowest BCUT2D eigenvalue weighted by Crippen LogP contribution is -2.42. The second-order valence-corrected chi connectivity index (χ2v) is 8.46. The second kappa shape index (κ2) is 8.71. The summed E-state index contributed by atoms with van der Waals surface area (Å²) in [6, 6.07) is 22.8. The zero-order valence-electron chi connectivity index (χ0n) is 18.3. The van der Waals surface area contributed by atoms with E-state index in [1.807, 2.05) is 68.4 Å². The van der Waals surface area contributed by atoms with Crippen LogP contribution in [0.5, 0.6) is 5.75 Å². The molecule has 0 unspecified atom stereocenters. The Morgan fingerprint density at radius 2 is 1.75 bits per heavy atom. The molecule has 0 radical (unpaired) electrons. The fourth-order valence-corrected chi connectivity index (χ4v) is 3.68. The Bertz CT molecular complexity index is 1150. The number of fused-ring (bicyclic) bond motifs is 1. The number of benzene rings is 3. The van der Waals surface area contributed by atoms with Crippen LogP contribution in [0.25, 0.3) is 11.1 Å². The first-order valence-electron chi connectivity index (χ1n) is 10.6. The van der Waals surface area contributed by atoms with Gasteiger partial charge in [-0.15, -0.1) is 6.58 Å². The maximum absolute atomic E-state index is 12.9. The number of amides is 2. The number of ether oxygens (including phenoxy) is 1. The van der Waals surface area contributed by atoms with Crippen LogP contribution in [0.2, 0.25) is 0 Å². The highest BCUT2D eigenvalue weighted by molar-refractivity contribution is 6.05. The molecule has 0 saturated carbocycles. The number of anilines is 2. The van der Waals surface area contributed by atoms with Crippen LogP contribution in [-0.2, 0) is 4.79 Å². The van der Waals surface area contributed by atoms with Crippen molar-refractivity contribution in [3.8, 4) is 16.9 Å². The minimum atomic E-state index is -0.661. The molecule has 0 aliphatic carbocycles. The monoisotopic (exact) mass is 426 g/mol. The Balaban J connectivity index is 1.54. The number of hydrogen-bond acceptors (Lipinski definition) is 3. The van der Waals surface area contributed by atoms with E-state index in [0.717, 1.165) is 11.1 Å². The molecule has 0 bridgehead atoms. The van der Waals surface area contributed by atoms with Crippen LogP contribution in [0.15, 0.2) is 85.5 Å². The van der Waals surface area contributed by atoms with Gasteiger partial charge in [-0.25, -0.2) is 0 Å². The molecular weight excluding hydrogens is 400 g/mol. The van der Waals surface area contributed by atoms with Crippen molar-refractivity contribution in [1.82, 2.24) is 0 Å². The van der Waals surface area contributed by atoms with Crippen LogP contribution in [0.1, 0.15) is 24.2 Å². The van der Waals surface area contributed by atoms with Gasteiger partial charge < -0.3 is 15.0 Å². The molecule has 32 heavy (non-hydrogen) atoms. The summed E-state index contributed by atoms with van der Waals surface area (Å²) in [5.74, 6) is 0.326. The summed E-state index contributed by atoms with van der Waals surface area (Å²) < 4.78 is 5.96. The van der Waals surface area contributed by atoms with E-state index < -0.39 is 5.41 Å². The molecule has 2 amide bonds. The van der Waals surface area contributed by atoms with Crippen molar-refractivity contribution in [2.24, 2.45) is 5.41 Å². The summed E-state index contributed by atoms with van der Waals surface area (Å²) >= 11 is 0. The number of nitrogens with zero attached hydrogens (tertiary/aromatic N) is 1. The molecule has 1 N–H and O–H groups in total. The molecule has 5 nitrogen and oxygen atoms in total. The zero-order valence-corrected chi connectivity index (χ0v) is 18.3. The largest absolute Gasteiger partial charge is 0.490 e. The minimum Gasteiger partial charge on any atom is -0.490 e. The van der Waals surface area contributed by atoms with Crippen molar-refractivity contribution in [3.63, 3.8) is 0 Å². The fraction of sp³-hybridized carbons (Fsp3) is 0.185. The molecule has 0 aromatic heterocycles. The fourth-order valence-electron chi connectivity index (χ4n) is 3.68. The molecule has 3 aromatic carbocycles. The van der Waals surface area contributed by atoms with Gasteiger partial charge in [0.1, 0.15) is 12.4 Å². The molecule has 4 rings (SSSR count). The molecule has 0 atom stereocenters. The lowest BCUT2D eigenvalue weighted by molar-refractivity contribution is -0.127. The SMILES string of the molecule is C=CCN1C(=O)C(C)(C)COc2cc(NC(=O)c3ccc(-c4ccccc4)cc3)ccc21. The molecule has 1 heterocycles. The number of hydrogen-bond donors (Lipinski definition) is 1. The molecule has 3 aromatic rings. The Morgan fingerprint density at radius 1 is 1.06 bits per heavy atom. The second-order valence-electron chi connectivity index (χ2n) is 8.46. The Labute approximate surface area is 188 Å². The highest BCUT2D eigenvalue weighted by atomic mass is 16.5. The standard InChI is InChI=1S/C27H26N2O3/c1-4-16-29-23-15-14-22(17-24(23)32-18-27(2,3)26(29)31)28-25(30)21-12-10-20(11-13-21)19-8-6-5-7-9-19/h4-15,17H,1,16,18H2,2-3H3,(H,28,30). The lowest BCUT2D eigenvalue weighted by Gasteiger charge is -2.27. The van der Waals surface area contributed by atoms with Crippen LogP contribution in [-0.4, -0.2) is 25.0 Å². The van der Waals surface area contributed by atoms with Crippen molar-refractivity contribution >= 4 is 23.2 Å². The Hall–Kier alpha value is -3.86. The Kier molecular flexibility index (Phi) is 5.82. The molecule has 1 aliphatic rings. The van der Waals surface area contributed by atoms with Gasteiger partial charge in [0.25, 0.3) is 5.91 Å². The predicted octanol–water partition coefficient (Wildman–Crippen LogP) is 5.54. The van der Waals surface area contributed by atoms with Gasteiger partial charge in [0.2, 0.25) is 5.91 Å². The van der Waals surface area contributed by atoms with E-state index in [9.17, 15) is 9.59 Å². The normalized spacial score (nSPS) is 14.7. The average molecular weight is 427 g/mol. The van der Waals surface area contributed by atoms with Crippen molar-refractivity contribution in [2.75, 3.05) is 23.4 Å². The maximum Gasteiger partial charge on any atom is 0.255 e. The summed E-state index contributed by atoms with van der Waals surface area (Å²) in [6.07, 6.45) is 1.69. The van der Waals surface area contributed by atoms with E-state index in [2.05, 4.69) is 11.9 Å². The third-order valence-electron chi connectivity index (χ3n) is 5.49. The first-order valence-corrected chi connectivity index (χ1v) is 10.6. The number of carbonyl (C=O) groups is 2. The van der Waals surface area contributed by atoms with Gasteiger partial charge in [-0.05, 0) is 49.2 Å². The number of carbonyl (C=O) groups excluding carboxylic acids is 2. The molecule has 0 saturated heterocycles. The topological polar surface area (TPSA) is 58.6 Å². The van der Waals surface area contributed by atoms with Gasteiger partial charge in [0, 0.05) is 23.9 Å². The third-order valence-corrected chi connectivity index (χ3v) is 5.49. The van der Waals surface area contributed by atoms with Crippen LogP contribution < -0.4 is 15.0 Å². The Morgan fingerprint density at radius 3 is 2.44 bits per heavy atom. The summed E-state index contributed by atoms with van der Waals surface area (Å²) in [5, 5.41) is 2.92. The highest BCUT2D eigenvalue weighted by Crippen LogP contribution is 2.38. The van der Waals surface area contributed by atoms with Crippen molar-refractivity contribution in [1.29, 1.82) is 0 Å². The van der Waals surface area contributed by atoms with Crippen LogP contribution in [0.3, 0.4) is 0 Å². The maximum atomic E-state index is 12.9. The quantitative estimate of drug-likeness (QED) is 0.545. The summed E-state index contributed by atoms with van der Waals surface area (Å²) in [7, 11) is 0. The van der Waals surface area contributed by atoms with Crippen LogP contribution in [0.4, 0.5) is 11.4 Å². The van der Waals surface area contributed by atoms with E-state index >= 15 is 0 Å². The molecule has 0 fully saturated rings. The minimum absolute atomic E-state index is 0.0218. The first-order chi connectivity index (χ1) is 15.4. The van der Waals surface area contributed by atoms with Gasteiger partial charge in [0.15, 0.2) is 0 Å². The van der Waals surface area contributed by atoms with E-state index in [0.29, 0.717) is 29.2 Å². The van der Waals surface area contributed by atoms with E-state index in [4.69, 9.17) is 4.74 Å². The van der Waals surface area contributed by atoms with Crippen molar-refractivity contribution < 1.29 is 14.3 Å². The highest BCUT2D eigenvalue weighted by Gasteiger charge is 2.37. The van der Waals surface area contributed by atoms with Crippen molar-refractivity contribution in [3.05, 3.63) is 91.0 Å². The number of nitrogens with one attached hydrogen (secondary N) is 1. The average Bonchev–Trinajstić information content (AvgIpc) is 2.90. The van der Waals surface area contributed by atoms with Gasteiger partial charge in [0.05, 0.1) is 11.1 Å². The molecule has 162 valence electrons. The van der Waals surface area contributed by atoms with Gasteiger partial charge in [-0.2, -0.15) is 0 Å². The molecular formula is C27H26N2O3. The number of rotatable bonds is 5. The van der Waals surface area contributed by atoms with Crippen LogP contribution in [0, 0.1) is 5.41 Å². The summed E-state index contributed by atoms with van der Waals surface area (Å²) in [5.41, 5.74) is 3.33. The smallest absolute Gasteiger partial charge is 0.255 e. The predicted molar refractivity (Wildman–Crippen MR) is 128 cm³/mol. The van der Waals surface area contributed by atoms with Crippen molar-refractivity contribution in [2.45, 2.75) is 13.8 Å².